The highest BCUT2D eigenvalue weighted by Gasteiger charge is 2.16. The summed E-state index contributed by atoms with van der Waals surface area (Å²) in [7, 11) is 0. The normalized spacial score (nSPS) is 10.6. The maximum absolute atomic E-state index is 11.6. The van der Waals surface area contributed by atoms with E-state index in [2.05, 4.69) is 11.2 Å². The van der Waals surface area contributed by atoms with Crippen LogP contribution in [0.2, 0.25) is 0 Å². The lowest BCUT2D eigenvalue weighted by atomic mass is 10.1. The summed E-state index contributed by atoms with van der Waals surface area (Å²) in [5.41, 5.74) is 1.32. The first-order chi connectivity index (χ1) is 8.40. The van der Waals surface area contributed by atoms with E-state index in [4.69, 9.17) is 11.2 Å². The van der Waals surface area contributed by atoms with Gasteiger partial charge in [-0.2, -0.15) is 0 Å². The Balaban J connectivity index is 2.62. The molecular formula is C15H19NO2. The molecule has 1 aromatic carbocycles. The largest absolute Gasteiger partial charge is 0.444 e. The first kappa shape index (κ1) is 14.1. The molecule has 0 aliphatic carbocycles. The van der Waals surface area contributed by atoms with Gasteiger partial charge in [-0.25, -0.2) is 4.79 Å². The molecule has 3 nitrogen and oxygen atoms in total. The second-order valence-corrected chi connectivity index (χ2v) is 5.03. The minimum absolute atomic E-state index is 0.448. The van der Waals surface area contributed by atoms with Crippen molar-refractivity contribution in [3.05, 3.63) is 29.8 Å². The van der Waals surface area contributed by atoms with Crippen LogP contribution < -0.4 is 5.32 Å². The first-order valence-corrected chi connectivity index (χ1v) is 5.93. The molecular weight excluding hydrogens is 226 g/mol. The molecule has 0 fully saturated rings. The average molecular weight is 245 g/mol. The number of anilines is 1. The van der Waals surface area contributed by atoms with Crippen molar-refractivity contribution in [3.8, 4) is 12.3 Å². The van der Waals surface area contributed by atoms with Crippen molar-refractivity contribution in [2.24, 2.45) is 0 Å². The van der Waals surface area contributed by atoms with E-state index in [1.54, 1.807) is 0 Å². The molecule has 0 saturated carbocycles. The lowest BCUT2D eigenvalue weighted by Crippen LogP contribution is -2.27. The van der Waals surface area contributed by atoms with Crippen molar-refractivity contribution in [3.63, 3.8) is 0 Å². The van der Waals surface area contributed by atoms with Gasteiger partial charge in [-0.1, -0.05) is 12.1 Å². The number of ether oxygens (including phenoxy) is 1. The average Bonchev–Trinajstić information content (AvgIpc) is 2.24. The highest BCUT2D eigenvalue weighted by Crippen LogP contribution is 2.14. The molecule has 0 aliphatic rings. The SMILES string of the molecule is C#CCCc1cccc(NC(=O)OC(C)(C)C)c1. The number of benzene rings is 1. The fraction of sp³-hybridized carbons (Fsp3) is 0.400. The molecule has 18 heavy (non-hydrogen) atoms. The van der Waals surface area contributed by atoms with Crippen LogP contribution in [0.5, 0.6) is 0 Å². The number of carbonyl (C=O) groups is 1. The quantitative estimate of drug-likeness (QED) is 0.826. The van der Waals surface area contributed by atoms with Gasteiger partial charge in [-0.05, 0) is 44.9 Å². The number of amides is 1. The number of hydrogen-bond donors (Lipinski definition) is 1. The van der Waals surface area contributed by atoms with Crippen LogP contribution in [0.25, 0.3) is 0 Å². The Morgan fingerprint density at radius 3 is 2.78 bits per heavy atom. The zero-order valence-electron chi connectivity index (χ0n) is 11.1. The predicted molar refractivity (Wildman–Crippen MR) is 73.5 cm³/mol. The van der Waals surface area contributed by atoms with Gasteiger partial charge in [0, 0.05) is 12.1 Å². The van der Waals surface area contributed by atoms with Crippen molar-refractivity contribution in [1.29, 1.82) is 0 Å². The van der Waals surface area contributed by atoms with Crippen LogP contribution in [0.15, 0.2) is 24.3 Å². The van der Waals surface area contributed by atoms with Crippen molar-refractivity contribution in [2.75, 3.05) is 5.32 Å². The molecule has 0 spiro atoms. The van der Waals surface area contributed by atoms with Gasteiger partial charge in [0.15, 0.2) is 0 Å². The zero-order chi connectivity index (χ0) is 13.6. The third-order valence-corrected chi connectivity index (χ3v) is 2.13. The number of carbonyl (C=O) groups excluding carboxylic acids is 1. The second-order valence-electron chi connectivity index (χ2n) is 5.03. The van der Waals surface area contributed by atoms with Gasteiger partial charge in [0.05, 0.1) is 0 Å². The molecule has 3 heteroatoms. The van der Waals surface area contributed by atoms with E-state index in [9.17, 15) is 4.79 Å². The Morgan fingerprint density at radius 1 is 1.44 bits per heavy atom. The van der Waals surface area contributed by atoms with E-state index in [1.807, 2.05) is 45.0 Å². The number of nitrogens with one attached hydrogen (secondary N) is 1. The number of aryl methyl sites for hydroxylation is 1. The highest BCUT2D eigenvalue weighted by molar-refractivity contribution is 5.84. The van der Waals surface area contributed by atoms with Crippen LogP contribution in [0.4, 0.5) is 10.5 Å². The summed E-state index contributed by atoms with van der Waals surface area (Å²) in [5.74, 6) is 2.60. The smallest absolute Gasteiger partial charge is 0.412 e. The van der Waals surface area contributed by atoms with Crippen molar-refractivity contribution in [1.82, 2.24) is 0 Å². The lowest BCUT2D eigenvalue weighted by Gasteiger charge is -2.19. The standard InChI is InChI=1S/C15H19NO2/c1-5-6-8-12-9-7-10-13(11-12)16-14(17)18-15(2,3)4/h1,7,9-11H,6,8H2,2-4H3,(H,16,17). The summed E-state index contributed by atoms with van der Waals surface area (Å²) in [6.45, 7) is 5.49. The molecule has 0 heterocycles. The molecule has 1 aromatic rings. The van der Waals surface area contributed by atoms with Crippen LogP contribution in [-0.2, 0) is 11.2 Å². The summed E-state index contributed by atoms with van der Waals surface area (Å²) in [4.78, 5) is 11.6. The van der Waals surface area contributed by atoms with Gasteiger partial charge in [0.25, 0.3) is 0 Å². The van der Waals surface area contributed by atoms with Gasteiger partial charge < -0.3 is 4.74 Å². The second kappa shape index (κ2) is 6.11. The summed E-state index contributed by atoms with van der Waals surface area (Å²) >= 11 is 0. The molecule has 0 unspecified atom stereocenters. The molecule has 1 rings (SSSR count). The van der Waals surface area contributed by atoms with Gasteiger partial charge >= 0.3 is 6.09 Å². The third-order valence-electron chi connectivity index (χ3n) is 2.13. The predicted octanol–water partition coefficient (Wildman–Crippen LogP) is 3.60. The molecule has 1 N–H and O–H groups in total. The Labute approximate surface area is 109 Å². The summed E-state index contributed by atoms with van der Waals surface area (Å²) in [6.07, 6.45) is 6.27. The van der Waals surface area contributed by atoms with Gasteiger partial charge in [-0.3, -0.25) is 5.32 Å². The van der Waals surface area contributed by atoms with Gasteiger partial charge in [0.2, 0.25) is 0 Å². The third kappa shape index (κ3) is 5.40. The minimum atomic E-state index is -0.495. The summed E-state index contributed by atoms with van der Waals surface area (Å²) < 4.78 is 5.18. The summed E-state index contributed by atoms with van der Waals surface area (Å²) in [6, 6.07) is 7.60. The van der Waals surface area contributed by atoms with Crippen LogP contribution in [0.3, 0.4) is 0 Å². The van der Waals surface area contributed by atoms with Gasteiger partial charge in [-0.15, -0.1) is 12.3 Å². The Kier molecular flexibility index (Phi) is 4.79. The van der Waals surface area contributed by atoms with E-state index >= 15 is 0 Å². The van der Waals surface area contributed by atoms with E-state index in [1.165, 1.54) is 0 Å². The van der Waals surface area contributed by atoms with Crippen molar-refractivity contribution < 1.29 is 9.53 Å². The van der Waals surface area contributed by atoms with Crippen LogP contribution in [0.1, 0.15) is 32.8 Å². The summed E-state index contributed by atoms with van der Waals surface area (Å²) in [5, 5.41) is 2.70. The molecule has 0 radical (unpaired) electrons. The van der Waals surface area contributed by atoms with Crippen molar-refractivity contribution >= 4 is 11.8 Å². The molecule has 1 amide bonds. The van der Waals surface area contributed by atoms with E-state index in [0.29, 0.717) is 6.42 Å². The van der Waals surface area contributed by atoms with Gasteiger partial charge in [0.1, 0.15) is 5.60 Å². The maximum Gasteiger partial charge on any atom is 0.412 e. The molecule has 0 bridgehead atoms. The lowest BCUT2D eigenvalue weighted by molar-refractivity contribution is 0.0636. The van der Waals surface area contributed by atoms with Crippen LogP contribution >= 0.6 is 0 Å². The number of hydrogen-bond acceptors (Lipinski definition) is 2. The first-order valence-electron chi connectivity index (χ1n) is 5.93. The van der Waals surface area contributed by atoms with E-state index in [-0.39, 0.29) is 0 Å². The number of rotatable bonds is 3. The van der Waals surface area contributed by atoms with Crippen molar-refractivity contribution in [2.45, 2.75) is 39.2 Å². The van der Waals surface area contributed by atoms with Crippen LogP contribution in [-0.4, -0.2) is 11.7 Å². The highest BCUT2D eigenvalue weighted by atomic mass is 16.6. The topological polar surface area (TPSA) is 38.3 Å². The molecule has 0 atom stereocenters. The minimum Gasteiger partial charge on any atom is -0.444 e. The Morgan fingerprint density at radius 2 is 2.17 bits per heavy atom. The molecule has 96 valence electrons. The molecule has 0 saturated heterocycles. The zero-order valence-corrected chi connectivity index (χ0v) is 11.1. The fourth-order valence-corrected chi connectivity index (χ4v) is 1.44. The van der Waals surface area contributed by atoms with E-state index < -0.39 is 11.7 Å². The molecule has 0 aromatic heterocycles. The van der Waals surface area contributed by atoms with E-state index in [0.717, 1.165) is 17.7 Å². The monoisotopic (exact) mass is 245 g/mol. The Hall–Kier alpha value is -1.95. The van der Waals surface area contributed by atoms with Crippen LogP contribution in [0, 0.1) is 12.3 Å². The number of terminal acetylenes is 1. The fourth-order valence-electron chi connectivity index (χ4n) is 1.44. The maximum atomic E-state index is 11.6. The molecule has 0 aliphatic heterocycles. The Bertz CT molecular complexity index is 452.